The first-order chi connectivity index (χ1) is 13.0. The summed E-state index contributed by atoms with van der Waals surface area (Å²) in [4.78, 5) is 4.60. The van der Waals surface area contributed by atoms with E-state index in [9.17, 15) is 0 Å². The smallest absolute Gasteiger partial charge is 0.0863 e. The molecule has 0 saturated carbocycles. The Kier molecular flexibility index (Phi) is 5.36. The van der Waals surface area contributed by atoms with Gasteiger partial charge in [-0.2, -0.15) is 5.10 Å². The Morgan fingerprint density at radius 2 is 1.89 bits per heavy atom. The largest absolute Gasteiger partial charge is 0.397 e. The van der Waals surface area contributed by atoms with Crippen LogP contribution in [0.3, 0.4) is 0 Å². The minimum atomic E-state index is 0.482. The monoisotopic (exact) mass is 356 g/mol. The van der Waals surface area contributed by atoms with Crippen LogP contribution in [0.15, 0.2) is 72.4 Å². The minimum absolute atomic E-state index is 0.482. The number of para-hydroxylation sites is 1. The summed E-state index contributed by atoms with van der Waals surface area (Å²) in [5.74, 6) is 0. The molecule has 1 aromatic heterocycles. The van der Waals surface area contributed by atoms with Gasteiger partial charge in [0.25, 0.3) is 0 Å². The molecule has 1 heterocycles. The fraction of sp³-hybridized carbons (Fsp3) is 0.130. The normalized spacial score (nSPS) is 11.4. The number of hydrogen-bond acceptors (Lipinski definition) is 4. The summed E-state index contributed by atoms with van der Waals surface area (Å²) >= 11 is 0. The Morgan fingerprint density at radius 1 is 1.19 bits per heavy atom. The molecule has 0 unspecified atom stereocenters. The molecule has 136 valence electrons. The van der Waals surface area contributed by atoms with Crippen LogP contribution in [-0.2, 0) is 6.42 Å². The zero-order valence-electron chi connectivity index (χ0n) is 15.8. The maximum absolute atomic E-state index is 5.90. The fourth-order valence-corrected chi connectivity index (χ4v) is 3.19. The number of fused-ring (bicyclic) bond motifs is 1. The molecule has 2 aromatic carbocycles. The highest BCUT2D eigenvalue weighted by molar-refractivity contribution is 5.84. The predicted octanol–water partition coefficient (Wildman–Crippen LogP) is 4.66. The van der Waals surface area contributed by atoms with E-state index in [0.29, 0.717) is 5.70 Å². The van der Waals surface area contributed by atoms with Gasteiger partial charge in [0, 0.05) is 19.2 Å². The van der Waals surface area contributed by atoms with Gasteiger partial charge in [0.2, 0.25) is 0 Å². The standard InChI is InChI=1S/C23H24N4/c1-5-23(27(4)25-3)18-12-10-17(11-13-18)14-19-15-22(16(2)24)26-21-9-7-6-8-20(19)21/h5-13,15H,2-3,14,24H2,1,4H3/b23-5-. The van der Waals surface area contributed by atoms with Crippen molar-refractivity contribution < 1.29 is 0 Å². The highest BCUT2D eigenvalue weighted by Gasteiger charge is 2.09. The van der Waals surface area contributed by atoms with Gasteiger partial charge < -0.3 is 5.73 Å². The number of nitrogens with zero attached hydrogens (tertiary/aromatic N) is 3. The van der Waals surface area contributed by atoms with E-state index in [-0.39, 0.29) is 0 Å². The first-order valence-corrected chi connectivity index (χ1v) is 8.83. The molecule has 4 nitrogen and oxygen atoms in total. The van der Waals surface area contributed by atoms with E-state index in [1.165, 1.54) is 11.1 Å². The zero-order chi connectivity index (χ0) is 19.4. The number of allylic oxidation sites excluding steroid dienone is 1. The van der Waals surface area contributed by atoms with Crippen molar-refractivity contribution in [3.05, 3.63) is 89.6 Å². The third-order valence-corrected chi connectivity index (χ3v) is 4.61. The van der Waals surface area contributed by atoms with Gasteiger partial charge in [-0.1, -0.05) is 55.1 Å². The van der Waals surface area contributed by atoms with Crippen LogP contribution in [0.1, 0.15) is 29.3 Å². The van der Waals surface area contributed by atoms with Gasteiger partial charge in [-0.25, -0.2) is 4.98 Å². The SMILES string of the molecule is C=NN(C)/C(=C\C)c1ccc(Cc2cc(C(=C)N)nc3ccccc23)cc1. The number of benzene rings is 2. The average Bonchev–Trinajstić information content (AvgIpc) is 2.69. The van der Waals surface area contributed by atoms with Crippen molar-refractivity contribution >= 4 is 29.0 Å². The molecule has 0 aliphatic heterocycles. The molecule has 0 spiro atoms. The van der Waals surface area contributed by atoms with E-state index in [1.54, 1.807) is 5.01 Å². The summed E-state index contributed by atoms with van der Waals surface area (Å²) in [6, 6.07) is 18.7. The van der Waals surface area contributed by atoms with Gasteiger partial charge in [0.15, 0.2) is 0 Å². The second kappa shape index (κ2) is 7.87. The zero-order valence-corrected chi connectivity index (χ0v) is 15.8. The maximum atomic E-state index is 5.90. The number of aromatic nitrogens is 1. The van der Waals surface area contributed by atoms with E-state index in [2.05, 4.69) is 53.7 Å². The number of nitrogens with two attached hydrogens (primary N) is 1. The van der Waals surface area contributed by atoms with Crippen molar-refractivity contribution in [3.8, 4) is 0 Å². The summed E-state index contributed by atoms with van der Waals surface area (Å²) in [7, 11) is 1.89. The van der Waals surface area contributed by atoms with E-state index in [4.69, 9.17) is 5.73 Å². The van der Waals surface area contributed by atoms with Crippen molar-refractivity contribution in [3.63, 3.8) is 0 Å². The van der Waals surface area contributed by atoms with Gasteiger partial charge in [0.05, 0.1) is 22.6 Å². The Morgan fingerprint density at radius 3 is 2.52 bits per heavy atom. The second-order valence-electron chi connectivity index (χ2n) is 6.42. The Bertz CT molecular complexity index is 1020. The molecule has 0 amide bonds. The molecule has 0 radical (unpaired) electrons. The Hall–Kier alpha value is -3.40. The Balaban J connectivity index is 1.96. The first-order valence-electron chi connectivity index (χ1n) is 8.83. The molecule has 0 bridgehead atoms. The molecule has 0 aliphatic rings. The van der Waals surface area contributed by atoms with Crippen LogP contribution < -0.4 is 5.73 Å². The van der Waals surface area contributed by atoms with Crippen molar-refractivity contribution in [2.45, 2.75) is 13.3 Å². The van der Waals surface area contributed by atoms with Crippen molar-refractivity contribution in [2.24, 2.45) is 10.8 Å². The third-order valence-electron chi connectivity index (χ3n) is 4.61. The van der Waals surface area contributed by atoms with Crippen molar-refractivity contribution in [2.75, 3.05) is 7.05 Å². The molecule has 0 fully saturated rings. The predicted molar refractivity (Wildman–Crippen MR) is 115 cm³/mol. The molecule has 3 aromatic rings. The fourth-order valence-electron chi connectivity index (χ4n) is 3.19. The van der Waals surface area contributed by atoms with Gasteiger partial charge in [-0.15, -0.1) is 0 Å². The van der Waals surface area contributed by atoms with Crippen LogP contribution >= 0.6 is 0 Å². The quantitative estimate of drug-likeness (QED) is 0.516. The van der Waals surface area contributed by atoms with E-state index < -0.39 is 0 Å². The van der Waals surface area contributed by atoms with Gasteiger partial charge in [-0.3, -0.25) is 5.01 Å². The van der Waals surface area contributed by atoms with Crippen LogP contribution in [0.4, 0.5) is 0 Å². The van der Waals surface area contributed by atoms with Crippen LogP contribution in [0.25, 0.3) is 22.3 Å². The Labute approximate surface area is 160 Å². The van der Waals surface area contributed by atoms with Gasteiger partial charge in [0.1, 0.15) is 0 Å². The molecular formula is C23H24N4. The first kappa shape index (κ1) is 18.4. The van der Waals surface area contributed by atoms with E-state index >= 15 is 0 Å². The summed E-state index contributed by atoms with van der Waals surface area (Å²) < 4.78 is 0. The summed E-state index contributed by atoms with van der Waals surface area (Å²) in [6.07, 6.45) is 2.82. The number of hydrazone groups is 1. The number of hydrogen-bond donors (Lipinski definition) is 1. The number of rotatable bonds is 6. The van der Waals surface area contributed by atoms with Crippen molar-refractivity contribution in [1.82, 2.24) is 9.99 Å². The van der Waals surface area contributed by atoms with Crippen LogP contribution in [0, 0.1) is 0 Å². The molecule has 3 rings (SSSR count). The molecular weight excluding hydrogens is 332 g/mol. The van der Waals surface area contributed by atoms with Crippen LogP contribution in [0.2, 0.25) is 0 Å². The summed E-state index contributed by atoms with van der Waals surface area (Å²) in [6.45, 7) is 9.42. The van der Waals surface area contributed by atoms with Crippen LogP contribution in [0.5, 0.6) is 0 Å². The van der Waals surface area contributed by atoms with Gasteiger partial charge >= 0.3 is 0 Å². The molecule has 0 atom stereocenters. The molecule has 0 aliphatic carbocycles. The highest BCUT2D eigenvalue weighted by Crippen LogP contribution is 2.24. The maximum Gasteiger partial charge on any atom is 0.0863 e. The second-order valence-corrected chi connectivity index (χ2v) is 6.42. The average molecular weight is 356 g/mol. The molecule has 4 heteroatoms. The molecule has 0 saturated heterocycles. The van der Waals surface area contributed by atoms with E-state index in [0.717, 1.165) is 34.3 Å². The van der Waals surface area contributed by atoms with Crippen LogP contribution in [-0.4, -0.2) is 23.8 Å². The van der Waals surface area contributed by atoms with E-state index in [1.807, 2.05) is 44.3 Å². The summed E-state index contributed by atoms with van der Waals surface area (Å²) in [5, 5.41) is 6.88. The lowest BCUT2D eigenvalue weighted by Gasteiger charge is -2.17. The van der Waals surface area contributed by atoms with Gasteiger partial charge in [-0.05, 0) is 42.2 Å². The topological polar surface area (TPSA) is 54.5 Å². The highest BCUT2D eigenvalue weighted by atomic mass is 15.4. The molecule has 27 heavy (non-hydrogen) atoms. The minimum Gasteiger partial charge on any atom is -0.397 e. The summed E-state index contributed by atoms with van der Waals surface area (Å²) in [5.41, 5.74) is 12.6. The lowest BCUT2D eigenvalue weighted by molar-refractivity contribution is 0.521. The molecule has 2 N–H and O–H groups in total. The third kappa shape index (κ3) is 3.90. The lowest BCUT2D eigenvalue weighted by atomic mass is 9.98. The lowest BCUT2D eigenvalue weighted by Crippen LogP contribution is -2.08. The van der Waals surface area contributed by atoms with Crippen molar-refractivity contribution in [1.29, 1.82) is 0 Å². The number of pyridine rings is 1.